The molecule has 0 bridgehead atoms. The average molecular weight is 374 g/mol. The van der Waals surface area contributed by atoms with Crippen LogP contribution in [0.1, 0.15) is 37.3 Å². The summed E-state index contributed by atoms with van der Waals surface area (Å²) in [6, 6.07) is 24.5. The first-order valence-corrected chi connectivity index (χ1v) is 9.68. The number of benzene rings is 3. The lowest BCUT2D eigenvalue weighted by atomic mass is 9.99. The Balaban J connectivity index is 1.64. The number of hydrogen-bond acceptors (Lipinski definition) is 3. The molecule has 0 aromatic heterocycles. The molecule has 1 atom stereocenters. The van der Waals surface area contributed by atoms with Gasteiger partial charge in [0.05, 0.1) is 6.61 Å². The minimum absolute atomic E-state index is 0.234. The predicted octanol–water partition coefficient (Wildman–Crippen LogP) is 6.02. The Morgan fingerprint density at radius 3 is 2.21 bits per heavy atom. The van der Waals surface area contributed by atoms with Gasteiger partial charge in [-0.25, -0.2) is 0 Å². The second-order valence-electron chi connectivity index (χ2n) is 6.82. The van der Waals surface area contributed by atoms with Gasteiger partial charge in [-0.1, -0.05) is 49.4 Å². The fourth-order valence-corrected chi connectivity index (χ4v) is 3.09. The second-order valence-corrected chi connectivity index (χ2v) is 6.82. The molecule has 1 unspecified atom stereocenters. The molecule has 3 aromatic carbocycles. The summed E-state index contributed by atoms with van der Waals surface area (Å²) >= 11 is 0. The topological polar surface area (TPSA) is 35.5 Å². The van der Waals surface area contributed by atoms with Gasteiger partial charge in [-0.3, -0.25) is 0 Å². The van der Waals surface area contributed by atoms with Gasteiger partial charge in [-0.2, -0.15) is 0 Å². The summed E-state index contributed by atoms with van der Waals surface area (Å²) in [6.07, 6.45) is 1.50. The molecule has 0 heterocycles. The Hall–Kier alpha value is -3.07. The van der Waals surface area contributed by atoms with E-state index in [0.717, 1.165) is 40.0 Å². The molecule has 0 saturated carbocycles. The van der Waals surface area contributed by atoms with E-state index >= 15 is 0 Å². The molecule has 28 heavy (non-hydrogen) atoms. The van der Waals surface area contributed by atoms with Crippen molar-refractivity contribution in [3.05, 3.63) is 83.9 Å². The summed E-state index contributed by atoms with van der Waals surface area (Å²) in [4.78, 5) is 10.7. The van der Waals surface area contributed by atoms with E-state index in [1.54, 1.807) is 0 Å². The van der Waals surface area contributed by atoms with E-state index < -0.39 is 0 Å². The highest BCUT2D eigenvalue weighted by Gasteiger charge is 2.05. The van der Waals surface area contributed by atoms with E-state index in [9.17, 15) is 4.79 Å². The van der Waals surface area contributed by atoms with Gasteiger partial charge in [0, 0.05) is 6.42 Å². The van der Waals surface area contributed by atoms with Crippen molar-refractivity contribution in [2.24, 2.45) is 0 Å². The summed E-state index contributed by atoms with van der Waals surface area (Å²) in [5.74, 6) is 1.95. The third-order valence-corrected chi connectivity index (χ3v) is 4.73. The smallest absolute Gasteiger partial charge is 0.120 e. The van der Waals surface area contributed by atoms with E-state index in [2.05, 4.69) is 43.3 Å². The lowest BCUT2D eigenvalue weighted by Gasteiger charge is -2.11. The molecule has 3 rings (SSSR count). The fraction of sp³-hybridized carbons (Fsp3) is 0.240. The van der Waals surface area contributed by atoms with Crippen LogP contribution in [0.4, 0.5) is 0 Å². The zero-order chi connectivity index (χ0) is 19.8. The molecule has 0 fully saturated rings. The molecule has 3 heteroatoms. The normalized spacial score (nSPS) is 11.6. The molecule has 0 radical (unpaired) electrons. The van der Waals surface area contributed by atoms with Crippen LogP contribution in [0.2, 0.25) is 0 Å². The van der Waals surface area contributed by atoms with Crippen LogP contribution in [0.3, 0.4) is 0 Å². The number of carbonyl (C=O) groups is 1. The van der Waals surface area contributed by atoms with Crippen molar-refractivity contribution in [1.82, 2.24) is 0 Å². The molecule has 0 N–H and O–H groups in total. The van der Waals surface area contributed by atoms with Crippen LogP contribution < -0.4 is 9.47 Å². The van der Waals surface area contributed by atoms with Gasteiger partial charge in [-0.15, -0.1) is 0 Å². The maximum absolute atomic E-state index is 10.7. The van der Waals surface area contributed by atoms with Gasteiger partial charge in [0.15, 0.2) is 0 Å². The van der Waals surface area contributed by atoms with Crippen LogP contribution in [0.5, 0.6) is 11.5 Å². The summed E-state index contributed by atoms with van der Waals surface area (Å²) in [5, 5.41) is 0. The summed E-state index contributed by atoms with van der Waals surface area (Å²) in [6.45, 7) is 5.21. The zero-order valence-corrected chi connectivity index (χ0v) is 16.4. The molecule has 0 amide bonds. The molecule has 0 saturated heterocycles. The highest BCUT2D eigenvalue weighted by atomic mass is 16.5. The Bertz CT molecular complexity index is 882. The monoisotopic (exact) mass is 374 g/mol. The van der Waals surface area contributed by atoms with Crippen molar-refractivity contribution in [3.8, 4) is 22.6 Å². The van der Waals surface area contributed by atoms with Crippen molar-refractivity contribution in [3.63, 3.8) is 0 Å². The third kappa shape index (κ3) is 5.23. The lowest BCUT2D eigenvalue weighted by molar-refractivity contribution is -0.108. The van der Waals surface area contributed by atoms with Gasteiger partial charge in [0.2, 0.25) is 0 Å². The van der Waals surface area contributed by atoms with Gasteiger partial charge in [-0.05, 0) is 65.4 Å². The second kappa shape index (κ2) is 9.75. The molecular formula is C25H26O3. The van der Waals surface area contributed by atoms with Crippen molar-refractivity contribution in [2.75, 3.05) is 6.61 Å². The van der Waals surface area contributed by atoms with E-state index in [1.165, 1.54) is 0 Å². The third-order valence-electron chi connectivity index (χ3n) is 4.73. The van der Waals surface area contributed by atoms with Crippen LogP contribution in [0.25, 0.3) is 11.1 Å². The molecular weight excluding hydrogens is 348 g/mol. The molecule has 144 valence electrons. The van der Waals surface area contributed by atoms with Crippen LogP contribution in [0.15, 0.2) is 72.8 Å². The maximum Gasteiger partial charge on any atom is 0.120 e. The summed E-state index contributed by atoms with van der Waals surface area (Å²) in [5.41, 5.74) is 4.57. The number of carbonyl (C=O) groups excluding carboxylic acids is 1. The van der Waals surface area contributed by atoms with Crippen molar-refractivity contribution < 1.29 is 14.3 Å². The molecule has 0 aliphatic rings. The quantitative estimate of drug-likeness (QED) is 0.429. The first kappa shape index (κ1) is 19.7. The van der Waals surface area contributed by atoms with Crippen LogP contribution >= 0.6 is 0 Å². The molecule has 3 nitrogen and oxygen atoms in total. The van der Waals surface area contributed by atoms with Crippen LogP contribution in [0, 0.1) is 0 Å². The van der Waals surface area contributed by atoms with Crippen LogP contribution in [-0.4, -0.2) is 12.9 Å². The van der Waals surface area contributed by atoms with Gasteiger partial charge < -0.3 is 14.3 Å². The van der Waals surface area contributed by atoms with E-state index in [1.807, 2.05) is 43.3 Å². The largest absolute Gasteiger partial charge is 0.494 e. The van der Waals surface area contributed by atoms with Crippen molar-refractivity contribution in [2.45, 2.75) is 32.8 Å². The average Bonchev–Trinajstić information content (AvgIpc) is 2.74. The highest BCUT2D eigenvalue weighted by molar-refractivity contribution is 5.64. The molecule has 3 aromatic rings. The van der Waals surface area contributed by atoms with Crippen molar-refractivity contribution >= 4 is 6.29 Å². The SMILES string of the molecule is CCOc1ccc(-c2cccc(COc3ccc(C(C)CC=O)cc3)c2)cc1. The first-order chi connectivity index (χ1) is 13.7. The Morgan fingerprint density at radius 1 is 0.857 bits per heavy atom. The standard InChI is InChI=1S/C25H26O3/c1-3-27-24-13-9-22(10-14-24)23-6-4-5-20(17-23)18-28-25-11-7-21(8-12-25)19(2)15-16-26/h4-14,16-17,19H,3,15,18H2,1-2H3. The summed E-state index contributed by atoms with van der Waals surface area (Å²) < 4.78 is 11.4. The highest BCUT2D eigenvalue weighted by Crippen LogP contribution is 2.25. The molecule has 0 spiro atoms. The fourth-order valence-electron chi connectivity index (χ4n) is 3.09. The van der Waals surface area contributed by atoms with Crippen molar-refractivity contribution in [1.29, 1.82) is 0 Å². The van der Waals surface area contributed by atoms with E-state index in [-0.39, 0.29) is 5.92 Å². The zero-order valence-electron chi connectivity index (χ0n) is 16.4. The van der Waals surface area contributed by atoms with Crippen LogP contribution in [-0.2, 0) is 11.4 Å². The Morgan fingerprint density at radius 2 is 1.54 bits per heavy atom. The predicted molar refractivity (Wildman–Crippen MR) is 113 cm³/mol. The Kier molecular flexibility index (Phi) is 6.85. The van der Waals surface area contributed by atoms with Gasteiger partial charge >= 0.3 is 0 Å². The number of hydrogen-bond donors (Lipinski definition) is 0. The summed E-state index contributed by atoms with van der Waals surface area (Å²) in [7, 11) is 0. The number of rotatable bonds is 9. The Labute approximate surface area is 166 Å². The lowest BCUT2D eigenvalue weighted by Crippen LogP contribution is -1.97. The number of aldehydes is 1. The number of ether oxygens (including phenoxy) is 2. The minimum Gasteiger partial charge on any atom is -0.494 e. The minimum atomic E-state index is 0.234. The van der Waals surface area contributed by atoms with Gasteiger partial charge in [0.1, 0.15) is 24.4 Å². The van der Waals surface area contributed by atoms with E-state index in [0.29, 0.717) is 19.6 Å². The van der Waals surface area contributed by atoms with E-state index in [4.69, 9.17) is 9.47 Å². The first-order valence-electron chi connectivity index (χ1n) is 9.68. The molecule has 0 aliphatic heterocycles. The van der Waals surface area contributed by atoms with Gasteiger partial charge in [0.25, 0.3) is 0 Å². The molecule has 0 aliphatic carbocycles. The maximum atomic E-state index is 10.7.